The summed E-state index contributed by atoms with van der Waals surface area (Å²) in [5.41, 5.74) is 1.88. The molecule has 100 valence electrons. The van der Waals surface area contributed by atoms with E-state index in [-0.39, 0.29) is 0 Å². The van der Waals surface area contributed by atoms with Gasteiger partial charge in [0.15, 0.2) is 5.13 Å². The number of aromatic carboxylic acids is 1. The Kier molecular flexibility index (Phi) is 3.28. The van der Waals surface area contributed by atoms with E-state index in [9.17, 15) is 4.79 Å². The van der Waals surface area contributed by atoms with Gasteiger partial charge in [0.05, 0.1) is 5.69 Å². The number of hydrogen-bond donors (Lipinski definition) is 1. The zero-order valence-electron chi connectivity index (χ0n) is 10.5. The van der Waals surface area contributed by atoms with Crippen molar-refractivity contribution in [1.29, 1.82) is 0 Å². The highest BCUT2D eigenvalue weighted by atomic mass is 32.1. The third kappa shape index (κ3) is 2.64. The highest BCUT2D eigenvalue weighted by molar-refractivity contribution is 7.17. The number of nitrogens with zero attached hydrogens (tertiary/aromatic N) is 2. The summed E-state index contributed by atoms with van der Waals surface area (Å²) in [5, 5.41) is 14.2. The van der Waals surface area contributed by atoms with Crippen LogP contribution in [0.3, 0.4) is 0 Å². The van der Waals surface area contributed by atoms with Crippen LogP contribution < -0.4 is 4.90 Å². The van der Waals surface area contributed by atoms with Crippen molar-refractivity contribution in [3.63, 3.8) is 0 Å². The van der Waals surface area contributed by atoms with E-state index < -0.39 is 5.97 Å². The van der Waals surface area contributed by atoms with Crippen molar-refractivity contribution < 1.29 is 9.90 Å². The molecular weight excluding hydrogens is 280 g/mol. The second-order valence-electron chi connectivity index (χ2n) is 4.71. The van der Waals surface area contributed by atoms with E-state index in [1.807, 2.05) is 0 Å². The minimum atomic E-state index is -0.882. The van der Waals surface area contributed by atoms with Crippen molar-refractivity contribution in [1.82, 2.24) is 4.98 Å². The van der Waals surface area contributed by atoms with Gasteiger partial charge in [0.2, 0.25) is 0 Å². The third-order valence-corrected chi connectivity index (χ3v) is 5.06. The predicted molar refractivity (Wildman–Crippen MR) is 77.3 cm³/mol. The molecule has 4 nitrogen and oxygen atoms in total. The molecule has 2 aromatic rings. The molecule has 0 aromatic carbocycles. The summed E-state index contributed by atoms with van der Waals surface area (Å²) in [6.45, 7) is 2.58. The lowest BCUT2D eigenvalue weighted by Crippen LogP contribution is -2.24. The number of aromatic nitrogens is 1. The third-order valence-electron chi connectivity index (χ3n) is 3.15. The second kappa shape index (κ2) is 4.94. The number of carboxylic acids is 1. The van der Waals surface area contributed by atoms with E-state index in [1.165, 1.54) is 29.7 Å². The Hall–Kier alpha value is -1.40. The normalized spacial score (nSPS) is 14.6. The van der Waals surface area contributed by atoms with Gasteiger partial charge in [-0.15, -0.1) is 0 Å². The first-order valence-corrected chi connectivity index (χ1v) is 7.89. The van der Waals surface area contributed by atoms with Crippen LogP contribution in [0.5, 0.6) is 0 Å². The number of anilines is 1. The molecule has 0 amide bonds. The number of hydrogen-bond acceptors (Lipinski definition) is 5. The molecule has 1 fully saturated rings. The fourth-order valence-electron chi connectivity index (χ4n) is 2.02. The molecule has 0 saturated heterocycles. The molecule has 1 saturated carbocycles. The molecule has 1 aliphatic carbocycles. The topological polar surface area (TPSA) is 53.4 Å². The zero-order valence-corrected chi connectivity index (χ0v) is 12.1. The number of thiazole rings is 1. The molecule has 3 rings (SSSR count). The highest BCUT2D eigenvalue weighted by Gasteiger charge is 2.32. The van der Waals surface area contributed by atoms with Crippen LogP contribution in [0.1, 0.15) is 33.8 Å². The predicted octanol–water partition coefficient (Wildman–Crippen LogP) is 3.38. The minimum absolute atomic E-state index is 0.353. The van der Waals surface area contributed by atoms with Crippen molar-refractivity contribution in [3.8, 4) is 0 Å². The fraction of sp³-hybridized carbons (Fsp3) is 0.385. The molecule has 0 atom stereocenters. The molecule has 6 heteroatoms. The van der Waals surface area contributed by atoms with Crippen LogP contribution in [0.25, 0.3) is 0 Å². The van der Waals surface area contributed by atoms with Crippen LogP contribution in [-0.4, -0.2) is 22.1 Å². The van der Waals surface area contributed by atoms with E-state index in [0.717, 1.165) is 11.7 Å². The van der Waals surface area contributed by atoms with E-state index in [2.05, 4.69) is 26.7 Å². The molecule has 0 aliphatic heterocycles. The van der Waals surface area contributed by atoms with Crippen LogP contribution >= 0.6 is 22.7 Å². The summed E-state index contributed by atoms with van der Waals surface area (Å²) >= 11 is 2.97. The first kappa shape index (κ1) is 12.6. The van der Waals surface area contributed by atoms with Crippen molar-refractivity contribution in [2.45, 2.75) is 32.4 Å². The molecule has 19 heavy (non-hydrogen) atoms. The Labute approximate surface area is 119 Å². The Bertz CT molecular complexity index is 588. The largest absolute Gasteiger partial charge is 0.477 e. The number of carboxylic acid groups (broad SMARTS) is 1. The van der Waals surface area contributed by atoms with E-state index in [0.29, 0.717) is 16.6 Å². The van der Waals surface area contributed by atoms with Crippen LogP contribution in [0, 0.1) is 6.92 Å². The van der Waals surface area contributed by atoms with Gasteiger partial charge in [0.1, 0.15) is 4.88 Å². The number of aryl methyl sites for hydroxylation is 1. The van der Waals surface area contributed by atoms with Gasteiger partial charge in [0, 0.05) is 12.6 Å². The van der Waals surface area contributed by atoms with E-state index in [1.54, 1.807) is 18.3 Å². The van der Waals surface area contributed by atoms with Gasteiger partial charge < -0.3 is 10.0 Å². The fourth-order valence-corrected chi connectivity index (χ4v) is 3.66. The number of thiophene rings is 1. The van der Waals surface area contributed by atoms with Gasteiger partial charge in [-0.1, -0.05) is 11.3 Å². The molecule has 2 aromatic heterocycles. The molecule has 2 heterocycles. The maximum absolute atomic E-state index is 11.1. The maximum atomic E-state index is 11.1. The van der Waals surface area contributed by atoms with Crippen LogP contribution in [0.4, 0.5) is 5.13 Å². The van der Waals surface area contributed by atoms with Gasteiger partial charge in [-0.3, -0.25) is 0 Å². The van der Waals surface area contributed by atoms with E-state index in [4.69, 9.17) is 5.11 Å². The van der Waals surface area contributed by atoms with Crippen LogP contribution in [-0.2, 0) is 6.54 Å². The van der Waals surface area contributed by atoms with Gasteiger partial charge in [0.25, 0.3) is 0 Å². The first-order valence-electron chi connectivity index (χ1n) is 6.13. The van der Waals surface area contributed by atoms with Crippen molar-refractivity contribution >= 4 is 33.8 Å². The molecule has 1 aliphatic rings. The summed E-state index contributed by atoms with van der Waals surface area (Å²) in [6.07, 6.45) is 2.34. The molecular formula is C13H14N2O2S2. The van der Waals surface area contributed by atoms with Crippen LogP contribution in [0.2, 0.25) is 0 Å². The average molecular weight is 294 g/mol. The first-order chi connectivity index (χ1) is 9.15. The lowest BCUT2D eigenvalue weighted by Gasteiger charge is -2.20. The summed E-state index contributed by atoms with van der Waals surface area (Å²) in [5.74, 6) is -0.882. The molecule has 0 radical (unpaired) electrons. The highest BCUT2D eigenvalue weighted by Crippen LogP contribution is 2.36. The van der Waals surface area contributed by atoms with E-state index >= 15 is 0 Å². The minimum Gasteiger partial charge on any atom is -0.477 e. The molecule has 1 N–H and O–H groups in total. The average Bonchev–Trinajstić information content (AvgIpc) is 2.93. The Morgan fingerprint density at radius 3 is 2.89 bits per heavy atom. The lowest BCUT2D eigenvalue weighted by molar-refractivity contribution is 0.0701. The lowest BCUT2D eigenvalue weighted by atomic mass is 10.3. The summed E-state index contributed by atoms with van der Waals surface area (Å²) in [4.78, 5) is 18.1. The quantitative estimate of drug-likeness (QED) is 0.918. The van der Waals surface area contributed by atoms with Gasteiger partial charge >= 0.3 is 5.97 Å². The Morgan fingerprint density at radius 1 is 1.58 bits per heavy atom. The summed E-state index contributed by atoms with van der Waals surface area (Å²) in [6, 6.07) is 2.63. The van der Waals surface area contributed by atoms with Crippen molar-refractivity contribution in [3.05, 3.63) is 33.0 Å². The smallest absolute Gasteiger partial charge is 0.347 e. The molecule has 0 bridgehead atoms. The van der Waals surface area contributed by atoms with Crippen LogP contribution in [0.15, 0.2) is 16.8 Å². The molecule has 0 unspecified atom stereocenters. The van der Waals surface area contributed by atoms with Gasteiger partial charge in [-0.05, 0) is 42.2 Å². The van der Waals surface area contributed by atoms with Gasteiger partial charge in [-0.25, -0.2) is 9.78 Å². The number of carbonyl (C=O) groups is 1. The van der Waals surface area contributed by atoms with Crippen molar-refractivity contribution in [2.75, 3.05) is 4.90 Å². The second-order valence-corrected chi connectivity index (χ2v) is 6.46. The Balaban J connectivity index is 1.87. The van der Waals surface area contributed by atoms with Gasteiger partial charge in [-0.2, -0.15) is 11.3 Å². The SMILES string of the molecule is Cc1nc(N(Cc2ccsc2)C2CC2)sc1C(=O)O. The standard InChI is InChI=1S/C13H14N2O2S2/c1-8-11(12(16)17)19-13(14-8)15(10-2-3-10)6-9-4-5-18-7-9/h4-5,7,10H,2-3,6H2,1H3,(H,16,17). The zero-order chi connectivity index (χ0) is 13.4. The number of rotatable bonds is 5. The maximum Gasteiger partial charge on any atom is 0.347 e. The molecule has 0 spiro atoms. The monoisotopic (exact) mass is 294 g/mol. The van der Waals surface area contributed by atoms with Crippen molar-refractivity contribution in [2.24, 2.45) is 0 Å². The summed E-state index contributed by atoms with van der Waals surface area (Å²) in [7, 11) is 0. The Morgan fingerprint density at radius 2 is 2.37 bits per heavy atom. The summed E-state index contributed by atoms with van der Waals surface area (Å²) < 4.78 is 0.